The molecule has 2 rings (SSSR count). The Balaban J connectivity index is 2.25. The van der Waals surface area contributed by atoms with E-state index in [-0.39, 0.29) is 5.91 Å². The number of esters is 1. The Bertz CT molecular complexity index is 589. The number of carbonyl (C=O) groups excluding carboxylic acids is 2. The van der Waals surface area contributed by atoms with Gasteiger partial charge in [0.1, 0.15) is 0 Å². The summed E-state index contributed by atoms with van der Waals surface area (Å²) < 4.78 is 4.85. The fraction of sp³-hybridized carbons (Fsp3) is 0.400. The van der Waals surface area contributed by atoms with Crippen LogP contribution in [-0.2, 0) is 14.3 Å². The lowest BCUT2D eigenvalue weighted by Crippen LogP contribution is -2.09. The highest BCUT2D eigenvalue weighted by atomic mass is 32.1. The molecule has 1 aromatic rings. The molecular formula is C15H18N2O3S. The van der Waals surface area contributed by atoms with Crippen molar-refractivity contribution < 1.29 is 14.3 Å². The van der Waals surface area contributed by atoms with Crippen LogP contribution in [-0.4, -0.2) is 24.0 Å². The van der Waals surface area contributed by atoms with E-state index in [1.807, 2.05) is 6.08 Å². The molecule has 1 aliphatic rings. The summed E-state index contributed by atoms with van der Waals surface area (Å²) in [5.74, 6) is -0.267. The number of nitrogens with one attached hydrogen (secondary N) is 1. The van der Waals surface area contributed by atoms with Crippen LogP contribution in [0.2, 0.25) is 0 Å². The summed E-state index contributed by atoms with van der Waals surface area (Å²) in [6, 6.07) is 0. The Morgan fingerprint density at radius 2 is 2.29 bits per heavy atom. The predicted molar refractivity (Wildman–Crippen MR) is 82.9 cm³/mol. The number of thiazole rings is 1. The molecule has 0 saturated carbocycles. The maximum Gasteiger partial charge on any atom is 0.339 e. The quantitative estimate of drug-likeness (QED) is 0.527. The molecule has 1 atom stereocenters. The number of amides is 1. The Kier molecular flexibility index (Phi) is 5.27. The summed E-state index contributed by atoms with van der Waals surface area (Å²) in [6.45, 7) is 1.42. The van der Waals surface area contributed by atoms with Gasteiger partial charge >= 0.3 is 5.97 Å². The molecule has 1 aliphatic carbocycles. The van der Waals surface area contributed by atoms with Crippen LogP contribution >= 0.6 is 11.3 Å². The molecule has 0 saturated heterocycles. The van der Waals surface area contributed by atoms with Gasteiger partial charge in [-0.3, -0.25) is 4.79 Å². The number of hydrogen-bond donors (Lipinski definition) is 1. The van der Waals surface area contributed by atoms with E-state index >= 15 is 0 Å². The van der Waals surface area contributed by atoms with Gasteiger partial charge in [0.15, 0.2) is 5.13 Å². The van der Waals surface area contributed by atoms with E-state index in [1.54, 1.807) is 5.38 Å². The predicted octanol–water partition coefficient (Wildman–Crippen LogP) is 3.01. The summed E-state index contributed by atoms with van der Waals surface area (Å²) in [7, 11) is 1.36. The third-order valence-electron chi connectivity index (χ3n) is 3.18. The summed E-state index contributed by atoms with van der Waals surface area (Å²) >= 11 is 1.29. The van der Waals surface area contributed by atoms with Crippen LogP contribution in [0.25, 0.3) is 5.57 Å². The summed E-state index contributed by atoms with van der Waals surface area (Å²) in [5.41, 5.74) is 1.01. The Hall–Kier alpha value is -1.95. The van der Waals surface area contributed by atoms with Gasteiger partial charge in [0, 0.05) is 12.3 Å². The van der Waals surface area contributed by atoms with Gasteiger partial charge < -0.3 is 10.1 Å². The molecule has 21 heavy (non-hydrogen) atoms. The molecule has 1 N–H and O–H groups in total. The zero-order chi connectivity index (χ0) is 15.2. The minimum absolute atomic E-state index is 0.183. The molecule has 1 unspecified atom stereocenters. The van der Waals surface area contributed by atoms with Gasteiger partial charge in [-0.1, -0.05) is 18.2 Å². The van der Waals surface area contributed by atoms with Crippen LogP contribution < -0.4 is 5.32 Å². The van der Waals surface area contributed by atoms with Crippen LogP contribution in [0.15, 0.2) is 23.6 Å². The van der Waals surface area contributed by atoms with Crippen molar-refractivity contribution in [3.63, 3.8) is 0 Å². The average molecular weight is 306 g/mol. The monoisotopic (exact) mass is 306 g/mol. The molecule has 0 aromatic carbocycles. The maximum absolute atomic E-state index is 12.0. The largest absolute Gasteiger partial charge is 0.465 e. The molecule has 0 radical (unpaired) electrons. The second-order valence-corrected chi connectivity index (χ2v) is 5.69. The molecular weight excluding hydrogens is 288 g/mol. The van der Waals surface area contributed by atoms with Gasteiger partial charge in [-0.2, -0.15) is 0 Å². The highest BCUT2D eigenvalue weighted by Crippen LogP contribution is 2.27. The minimum Gasteiger partial charge on any atom is -0.465 e. The van der Waals surface area contributed by atoms with E-state index in [9.17, 15) is 9.59 Å². The molecule has 0 bridgehead atoms. The molecule has 0 spiro atoms. The number of methoxy groups -OCH3 is 1. The molecule has 1 amide bonds. The second-order valence-electron chi connectivity index (χ2n) is 4.84. The topological polar surface area (TPSA) is 68.3 Å². The fourth-order valence-electron chi connectivity index (χ4n) is 2.18. The molecule has 1 heterocycles. The van der Waals surface area contributed by atoms with Gasteiger partial charge in [0.2, 0.25) is 5.91 Å². The molecule has 112 valence electrons. The second kappa shape index (κ2) is 7.17. The van der Waals surface area contributed by atoms with Crippen molar-refractivity contribution in [1.82, 2.24) is 4.98 Å². The third kappa shape index (κ3) is 4.26. The van der Waals surface area contributed by atoms with Gasteiger partial charge in [-0.05, 0) is 25.2 Å². The molecule has 0 fully saturated rings. The van der Waals surface area contributed by atoms with Crippen LogP contribution in [0.4, 0.5) is 5.13 Å². The highest BCUT2D eigenvalue weighted by Gasteiger charge is 2.19. The first-order valence-electron chi connectivity index (χ1n) is 6.78. The first-order valence-corrected chi connectivity index (χ1v) is 7.66. The van der Waals surface area contributed by atoms with Crippen molar-refractivity contribution >= 4 is 33.9 Å². The van der Waals surface area contributed by atoms with Crippen molar-refractivity contribution in [2.75, 3.05) is 12.4 Å². The van der Waals surface area contributed by atoms with Gasteiger partial charge in [0.25, 0.3) is 0 Å². The van der Waals surface area contributed by atoms with Crippen molar-refractivity contribution in [2.45, 2.75) is 26.2 Å². The van der Waals surface area contributed by atoms with E-state index < -0.39 is 5.97 Å². The first kappa shape index (κ1) is 15.4. The summed E-state index contributed by atoms with van der Waals surface area (Å²) in [6.07, 6.45) is 9.16. The van der Waals surface area contributed by atoms with Gasteiger partial charge in [0.05, 0.1) is 18.4 Å². The van der Waals surface area contributed by atoms with E-state index in [2.05, 4.69) is 22.5 Å². The number of allylic oxidation sites excluding steroid dienone is 3. The van der Waals surface area contributed by atoms with Crippen molar-refractivity contribution in [2.24, 2.45) is 5.92 Å². The number of hydrogen-bond acceptors (Lipinski definition) is 5. The fourth-order valence-corrected chi connectivity index (χ4v) is 2.93. The van der Waals surface area contributed by atoms with Crippen molar-refractivity contribution in [3.8, 4) is 0 Å². The van der Waals surface area contributed by atoms with Crippen LogP contribution in [0.1, 0.15) is 31.9 Å². The molecule has 1 aromatic heterocycles. The Labute approximate surface area is 127 Å². The SMILES string of the molecule is COC(=O)/C(=C\C1CC=CCC1)c1csc(NC(C)=O)n1. The maximum atomic E-state index is 12.0. The van der Waals surface area contributed by atoms with Crippen molar-refractivity contribution in [3.05, 3.63) is 29.3 Å². The number of nitrogens with zero attached hydrogens (tertiary/aromatic N) is 1. The van der Waals surface area contributed by atoms with E-state index in [4.69, 9.17) is 4.74 Å². The Morgan fingerprint density at radius 1 is 1.48 bits per heavy atom. The summed E-state index contributed by atoms with van der Waals surface area (Å²) in [4.78, 5) is 27.3. The van der Waals surface area contributed by atoms with E-state index in [0.29, 0.717) is 22.3 Å². The lowest BCUT2D eigenvalue weighted by molar-refractivity contribution is -0.133. The smallest absolute Gasteiger partial charge is 0.339 e. The van der Waals surface area contributed by atoms with E-state index in [1.165, 1.54) is 25.4 Å². The Morgan fingerprint density at radius 3 is 2.90 bits per heavy atom. The number of rotatable bonds is 4. The normalized spacial score (nSPS) is 18.4. The van der Waals surface area contributed by atoms with Gasteiger partial charge in [-0.15, -0.1) is 11.3 Å². The number of carbonyl (C=O) groups is 2. The van der Waals surface area contributed by atoms with E-state index in [0.717, 1.165) is 19.3 Å². The lowest BCUT2D eigenvalue weighted by Gasteiger charge is -2.14. The molecule has 5 nitrogen and oxygen atoms in total. The number of ether oxygens (including phenoxy) is 1. The molecule has 0 aliphatic heterocycles. The average Bonchev–Trinajstić information content (AvgIpc) is 2.92. The lowest BCUT2D eigenvalue weighted by atomic mass is 9.92. The summed E-state index contributed by atoms with van der Waals surface area (Å²) in [5, 5.41) is 4.86. The molecule has 6 heteroatoms. The minimum atomic E-state index is -0.399. The zero-order valence-electron chi connectivity index (χ0n) is 12.1. The first-order chi connectivity index (χ1) is 10.1. The highest BCUT2D eigenvalue weighted by molar-refractivity contribution is 7.14. The van der Waals surface area contributed by atoms with Crippen LogP contribution in [0.3, 0.4) is 0 Å². The van der Waals surface area contributed by atoms with Crippen molar-refractivity contribution in [1.29, 1.82) is 0 Å². The number of anilines is 1. The third-order valence-corrected chi connectivity index (χ3v) is 3.94. The van der Waals surface area contributed by atoms with Crippen LogP contribution in [0.5, 0.6) is 0 Å². The van der Waals surface area contributed by atoms with Gasteiger partial charge in [-0.25, -0.2) is 9.78 Å². The van der Waals surface area contributed by atoms with Crippen LogP contribution in [0, 0.1) is 5.92 Å². The number of aromatic nitrogens is 1. The zero-order valence-corrected chi connectivity index (χ0v) is 12.9. The standard InChI is InChI=1S/C15H18N2O3S/c1-10(18)16-15-17-13(9-21-15)12(14(19)20-2)8-11-6-4-3-5-7-11/h3-4,8-9,11H,5-7H2,1-2H3,(H,16,17,18)/b12-8-.